The van der Waals surface area contributed by atoms with Crippen LogP contribution in [-0.2, 0) is 4.79 Å². The number of carbonyl (C=O) groups is 2. The van der Waals surface area contributed by atoms with E-state index in [1.54, 1.807) is 36.2 Å². The Kier molecular flexibility index (Phi) is 4.94. The van der Waals surface area contributed by atoms with E-state index in [-0.39, 0.29) is 5.75 Å². The van der Waals surface area contributed by atoms with E-state index < -0.39 is 24.1 Å². The molecule has 3 rings (SSSR count). The second-order valence-corrected chi connectivity index (χ2v) is 6.65. The molecule has 2 aliphatic rings. The summed E-state index contributed by atoms with van der Waals surface area (Å²) in [5, 5.41) is 16.2. The van der Waals surface area contributed by atoms with E-state index in [9.17, 15) is 14.7 Å². The van der Waals surface area contributed by atoms with Gasteiger partial charge in [0, 0.05) is 23.6 Å². The molecular formula is C16H17BrN6O3. The summed E-state index contributed by atoms with van der Waals surface area (Å²) in [6.07, 6.45) is 2.42. The van der Waals surface area contributed by atoms with Crippen molar-refractivity contribution >= 4 is 40.0 Å². The molecule has 9 nitrogen and oxygen atoms in total. The summed E-state index contributed by atoms with van der Waals surface area (Å²) >= 11 is 3.33. The lowest BCUT2D eigenvalue weighted by Gasteiger charge is -2.35. The summed E-state index contributed by atoms with van der Waals surface area (Å²) in [6, 6.07) is 3.80. The Morgan fingerprint density at radius 3 is 3.00 bits per heavy atom. The van der Waals surface area contributed by atoms with Gasteiger partial charge in [-0.2, -0.15) is 5.10 Å². The lowest BCUT2D eigenvalue weighted by atomic mass is 10.1. The topological polar surface area (TPSA) is 110 Å². The van der Waals surface area contributed by atoms with Gasteiger partial charge in [-0.25, -0.2) is 15.2 Å². The predicted molar refractivity (Wildman–Crippen MR) is 99.8 cm³/mol. The highest BCUT2D eigenvalue weighted by atomic mass is 79.9. The van der Waals surface area contributed by atoms with Crippen molar-refractivity contribution in [2.45, 2.75) is 12.2 Å². The van der Waals surface area contributed by atoms with Crippen molar-refractivity contribution in [2.75, 3.05) is 13.6 Å². The molecule has 10 heteroatoms. The lowest BCUT2D eigenvalue weighted by Crippen LogP contribution is -2.64. The molecule has 0 saturated carbocycles. The van der Waals surface area contributed by atoms with Crippen molar-refractivity contribution in [3.05, 3.63) is 40.9 Å². The van der Waals surface area contributed by atoms with Gasteiger partial charge in [-0.1, -0.05) is 22.0 Å². The van der Waals surface area contributed by atoms with Crippen LogP contribution in [0.3, 0.4) is 0 Å². The summed E-state index contributed by atoms with van der Waals surface area (Å²) < 4.78 is 0.797. The van der Waals surface area contributed by atoms with Crippen molar-refractivity contribution in [3.8, 4) is 5.75 Å². The number of aliphatic imine (C=N–C) groups is 1. The summed E-state index contributed by atoms with van der Waals surface area (Å²) in [6.45, 7) is 4.04. The van der Waals surface area contributed by atoms with Gasteiger partial charge in [0.15, 0.2) is 12.2 Å². The number of fused-ring (bicyclic) bond motifs is 1. The molecule has 0 spiro atoms. The first kappa shape index (κ1) is 17.9. The maximum Gasteiger partial charge on any atom is 0.325 e. The smallest absolute Gasteiger partial charge is 0.325 e. The minimum Gasteiger partial charge on any atom is -0.507 e. The molecule has 2 unspecified atom stereocenters. The van der Waals surface area contributed by atoms with E-state index in [2.05, 4.69) is 43.3 Å². The number of aromatic hydroxyl groups is 1. The normalized spacial score (nSPS) is 22.3. The third-order valence-corrected chi connectivity index (χ3v) is 4.54. The molecule has 26 heavy (non-hydrogen) atoms. The molecule has 2 heterocycles. The van der Waals surface area contributed by atoms with Gasteiger partial charge in [0.05, 0.1) is 6.21 Å². The number of hydrazone groups is 1. The highest BCUT2D eigenvalue weighted by molar-refractivity contribution is 9.10. The number of likely N-dealkylation sites (N-methyl/N-ethyl adjacent to an activating group) is 1. The molecule has 1 aromatic rings. The van der Waals surface area contributed by atoms with Gasteiger partial charge in [-0.15, -0.1) is 6.58 Å². The van der Waals surface area contributed by atoms with Crippen LogP contribution in [0.5, 0.6) is 5.75 Å². The Morgan fingerprint density at radius 2 is 2.27 bits per heavy atom. The van der Waals surface area contributed by atoms with Crippen molar-refractivity contribution in [3.63, 3.8) is 0 Å². The number of nitrogens with zero attached hydrogens (tertiary/aromatic N) is 4. The first-order chi connectivity index (χ1) is 12.4. The summed E-state index contributed by atoms with van der Waals surface area (Å²) in [5.41, 5.74) is 3.28. The average molecular weight is 421 g/mol. The van der Waals surface area contributed by atoms with Crippen LogP contribution in [0.15, 0.2) is 45.4 Å². The third-order valence-electron chi connectivity index (χ3n) is 4.04. The van der Waals surface area contributed by atoms with E-state index in [1.807, 2.05) is 0 Å². The van der Waals surface area contributed by atoms with Crippen molar-refractivity contribution in [2.24, 2.45) is 10.1 Å². The van der Waals surface area contributed by atoms with Gasteiger partial charge in [0.2, 0.25) is 5.96 Å². The monoisotopic (exact) mass is 420 g/mol. The van der Waals surface area contributed by atoms with Crippen molar-refractivity contribution < 1.29 is 14.7 Å². The Balaban J connectivity index is 1.82. The molecule has 136 valence electrons. The minimum absolute atomic E-state index is 0.0773. The Morgan fingerprint density at radius 1 is 1.50 bits per heavy atom. The summed E-state index contributed by atoms with van der Waals surface area (Å²) in [7, 11) is 1.57. The number of nitrogens with one attached hydrogen (secondary N) is 2. The van der Waals surface area contributed by atoms with Crippen LogP contribution in [-0.4, -0.2) is 64.8 Å². The van der Waals surface area contributed by atoms with Crippen LogP contribution in [0.2, 0.25) is 0 Å². The molecular weight excluding hydrogens is 404 g/mol. The van der Waals surface area contributed by atoms with E-state index >= 15 is 0 Å². The van der Waals surface area contributed by atoms with Gasteiger partial charge in [-0.05, 0) is 18.2 Å². The van der Waals surface area contributed by atoms with Crippen LogP contribution in [0.1, 0.15) is 5.56 Å². The number of phenols is 1. The zero-order valence-corrected chi connectivity index (χ0v) is 15.5. The first-order valence-electron chi connectivity index (χ1n) is 7.73. The molecule has 0 radical (unpaired) electrons. The van der Waals surface area contributed by atoms with Gasteiger partial charge >= 0.3 is 6.03 Å². The molecule has 1 aromatic carbocycles. The summed E-state index contributed by atoms with van der Waals surface area (Å²) in [5.74, 6) is -0.00936. The Hall–Kier alpha value is -2.88. The highest BCUT2D eigenvalue weighted by Gasteiger charge is 2.48. The van der Waals surface area contributed by atoms with Gasteiger partial charge in [-0.3, -0.25) is 10.1 Å². The Labute approximate surface area is 158 Å². The zero-order chi connectivity index (χ0) is 18.8. The van der Waals surface area contributed by atoms with E-state index in [0.717, 1.165) is 4.47 Å². The van der Waals surface area contributed by atoms with Crippen molar-refractivity contribution in [1.82, 2.24) is 20.5 Å². The highest BCUT2D eigenvalue weighted by Crippen LogP contribution is 2.23. The second kappa shape index (κ2) is 7.16. The van der Waals surface area contributed by atoms with Gasteiger partial charge in [0.1, 0.15) is 5.75 Å². The number of hydrogen-bond acceptors (Lipinski definition) is 7. The number of halogens is 1. The molecule has 1 saturated heterocycles. The van der Waals surface area contributed by atoms with Gasteiger partial charge in [0.25, 0.3) is 5.91 Å². The molecule has 3 N–H and O–H groups in total. The molecule has 1 fully saturated rings. The number of urea groups is 1. The number of benzene rings is 1. The largest absolute Gasteiger partial charge is 0.507 e. The summed E-state index contributed by atoms with van der Waals surface area (Å²) in [4.78, 5) is 31.5. The van der Waals surface area contributed by atoms with E-state index in [4.69, 9.17) is 0 Å². The number of carbonyl (C=O) groups excluding carboxylic acids is 2. The molecule has 0 aliphatic carbocycles. The average Bonchev–Trinajstić information content (AvgIpc) is 2.95. The maximum atomic E-state index is 12.2. The second-order valence-electron chi connectivity index (χ2n) is 5.73. The molecule has 0 bridgehead atoms. The molecule has 3 amide bonds. The van der Waals surface area contributed by atoms with Crippen LogP contribution in [0.4, 0.5) is 4.79 Å². The fraction of sp³-hybridized carbons (Fsp3) is 0.250. The fourth-order valence-corrected chi connectivity index (χ4v) is 3.13. The van der Waals surface area contributed by atoms with E-state index in [1.165, 1.54) is 11.1 Å². The number of hydrogen-bond donors (Lipinski definition) is 3. The minimum atomic E-state index is -0.660. The molecule has 0 aromatic heterocycles. The lowest BCUT2D eigenvalue weighted by molar-refractivity contribution is -0.126. The van der Waals surface area contributed by atoms with Crippen LogP contribution in [0, 0.1) is 0 Å². The SMILES string of the molecule is C=CCN1C(N/N=C\c2cc(Br)ccc2O)=NC2C1C(=O)NC(=O)N2C. The standard InChI is InChI=1S/C16H17BrN6O3/c1-3-6-23-12-13(22(2)16(26)20-14(12)25)19-15(23)21-18-8-9-7-10(17)4-5-11(9)24/h3-5,7-8,12-13,24H,1,6H2,2H3,(H,19,21)(H,20,25,26)/b18-8-. The number of guanidine groups is 1. The number of amides is 3. The van der Waals surface area contributed by atoms with Crippen LogP contribution >= 0.6 is 15.9 Å². The number of phenolic OH excluding ortho intramolecular Hbond substituents is 1. The van der Waals surface area contributed by atoms with E-state index in [0.29, 0.717) is 18.1 Å². The molecule has 2 aliphatic heterocycles. The number of imide groups is 1. The molecule has 2 atom stereocenters. The predicted octanol–water partition coefficient (Wildman–Crippen LogP) is 0.812. The first-order valence-corrected chi connectivity index (χ1v) is 8.52. The van der Waals surface area contributed by atoms with Crippen LogP contribution < -0.4 is 10.7 Å². The quantitative estimate of drug-likeness (QED) is 0.379. The fourth-order valence-electron chi connectivity index (χ4n) is 2.75. The third kappa shape index (κ3) is 3.27. The van der Waals surface area contributed by atoms with Crippen LogP contribution in [0.25, 0.3) is 0 Å². The zero-order valence-electron chi connectivity index (χ0n) is 13.9. The maximum absolute atomic E-state index is 12.2. The van der Waals surface area contributed by atoms with Crippen molar-refractivity contribution in [1.29, 1.82) is 0 Å². The number of rotatable bonds is 4. The van der Waals surface area contributed by atoms with Gasteiger partial charge < -0.3 is 14.9 Å². The Bertz CT molecular complexity index is 824.